The molecule has 1 aliphatic rings. The summed E-state index contributed by atoms with van der Waals surface area (Å²) in [6, 6.07) is 4.64. The molecule has 1 heterocycles. The molecule has 0 radical (unpaired) electrons. The Bertz CT molecular complexity index is 567. The van der Waals surface area contributed by atoms with Crippen LogP contribution < -0.4 is 10.6 Å². The zero-order valence-electron chi connectivity index (χ0n) is 12.3. The van der Waals surface area contributed by atoms with Crippen LogP contribution in [0.1, 0.15) is 12.8 Å². The van der Waals surface area contributed by atoms with E-state index >= 15 is 0 Å². The third-order valence-corrected chi connectivity index (χ3v) is 4.03. The molecule has 1 aromatic carbocycles. The number of carbonyl (C=O) groups excluding carboxylic acids is 1. The summed E-state index contributed by atoms with van der Waals surface area (Å²) < 4.78 is 0. The zero-order chi connectivity index (χ0) is 16.1. The molecule has 0 saturated carbocycles. The van der Waals surface area contributed by atoms with Crippen LogP contribution in [0.5, 0.6) is 0 Å². The van der Waals surface area contributed by atoms with Gasteiger partial charge in [-0.25, -0.2) is 0 Å². The maximum Gasteiger partial charge on any atom is 0.289 e. The fourth-order valence-electron chi connectivity index (χ4n) is 2.57. The van der Waals surface area contributed by atoms with Crippen LogP contribution in [-0.2, 0) is 4.79 Å². The number of anilines is 1. The van der Waals surface area contributed by atoms with E-state index in [0.717, 1.165) is 25.9 Å². The van der Waals surface area contributed by atoms with Crippen molar-refractivity contribution in [3.63, 3.8) is 0 Å². The molecule has 0 bridgehead atoms. The Hall–Kier alpha value is -1.70. The number of nitrogens with one attached hydrogen (secondary N) is 2. The number of carbonyl (C=O) groups is 1. The summed E-state index contributed by atoms with van der Waals surface area (Å²) in [5, 5.41) is 16.8. The van der Waals surface area contributed by atoms with Crippen LogP contribution in [0.2, 0.25) is 5.02 Å². The average Bonchev–Trinajstić information content (AvgIpc) is 2.49. The molecule has 1 amide bonds. The van der Waals surface area contributed by atoms with Crippen LogP contribution in [0.4, 0.5) is 11.4 Å². The maximum absolute atomic E-state index is 12.1. The van der Waals surface area contributed by atoms with Crippen molar-refractivity contribution in [3.8, 4) is 0 Å². The first-order valence-corrected chi connectivity index (χ1v) is 7.51. The zero-order valence-corrected chi connectivity index (χ0v) is 13.1. The summed E-state index contributed by atoms with van der Waals surface area (Å²) in [5.41, 5.74) is 0.163. The largest absolute Gasteiger partial charge is 0.325 e. The SMILES string of the molecule is CNC1CCCN(CC(=O)Nc2ccc(Cl)c([N+](=O)[O-])c2)C1. The first-order chi connectivity index (χ1) is 10.5. The minimum absolute atomic E-state index is 0.0518. The molecule has 1 atom stereocenters. The van der Waals surface area contributed by atoms with Crippen LogP contribution >= 0.6 is 11.6 Å². The van der Waals surface area contributed by atoms with Crippen LogP contribution in [0, 0.1) is 10.1 Å². The van der Waals surface area contributed by atoms with Crippen LogP contribution in [0.25, 0.3) is 0 Å². The standard InChI is InChI=1S/C14H19ClN4O3/c1-16-11-3-2-6-18(8-11)9-14(20)17-10-4-5-12(15)13(7-10)19(21)22/h4-5,7,11,16H,2-3,6,8-9H2,1H3,(H,17,20). The number of rotatable bonds is 5. The number of hydrogen-bond donors (Lipinski definition) is 2. The Kier molecular flexibility index (Phi) is 5.70. The molecule has 0 aromatic heterocycles. The van der Waals surface area contributed by atoms with Crippen molar-refractivity contribution in [1.82, 2.24) is 10.2 Å². The number of nitro benzene ring substituents is 1. The summed E-state index contributed by atoms with van der Waals surface area (Å²) in [5.74, 6) is -0.187. The predicted molar refractivity (Wildman–Crippen MR) is 85.3 cm³/mol. The van der Waals surface area contributed by atoms with E-state index < -0.39 is 4.92 Å². The number of halogens is 1. The number of nitro groups is 1. The number of likely N-dealkylation sites (tertiary alicyclic amines) is 1. The first kappa shape index (κ1) is 16.7. The molecule has 2 N–H and O–H groups in total. The third-order valence-electron chi connectivity index (χ3n) is 3.71. The minimum atomic E-state index is -0.569. The van der Waals surface area contributed by atoms with E-state index in [1.807, 2.05) is 7.05 Å². The summed E-state index contributed by atoms with van der Waals surface area (Å²) in [6.45, 7) is 1.98. The van der Waals surface area contributed by atoms with Crippen LogP contribution in [0.15, 0.2) is 18.2 Å². The van der Waals surface area contributed by atoms with Gasteiger partial charge in [0.05, 0.1) is 11.5 Å². The number of benzene rings is 1. The van der Waals surface area contributed by atoms with Gasteiger partial charge in [0.1, 0.15) is 5.02 Å². The molecule has 8 heteroatoms. The van der Waals surface area contributed by atoms with Gasteiger partial charge in [0, 0.05) is 24.3 Å². The number of amides is 1. The van der Waals surface area contributed by atoms with E-state index in [9.17, 15) is 14.9 Å². The monoisotopic (exact) mass is 326 g/mol. The molecule has 120 valence electrons. The Balaban J connectivity index is 1.94. The Morgan fingerprint density at radius 1 is 1.55 bits per heavy atom. The van der Waals surface area contributed by atoms with Gasteiger partial charge in [-0.3, -0.25) is 19.8 Å². The van der Waals surface area contributed by atoms with Crippen molar-refractivity contribution in [1.29, 1.82) is 0 Å². The molecule has 1 aliphatic heterocycles. The summed E-state index contributed by atoms with van der Waals surface area (Å²) in [4.78, 5) is 24.4. The van der Waals surface area contributed by atoms with Crippen LogP contribution in [0.3, 0.4) is 0 Å². The number of hydrogen-bond acceptors (Lipinski definition) is 5. The van der Waals surface area contributed by atoms with Gasteiger partial charge in [-0.15, -0.1) is 0 Å². The smallest absolute Gasteiger partial charge is 0.289 e. The lowest BCUT2D eigenvalue weighted by molar-refractivity contribution is -0.384. The molecular weight excluding hydrogens is 308 g/mol. The fourth-order valence-corrected chi connectivity index (χ4v) is 2.76. The van der Waals surface area contributed by atoms with Gasteiger partial charge in [0.25, 0.3) is 5.69 Å². The molecular formula is C14H19ClN4O3. The molecule has 1 saturated heterocycles. The Morgan fingerprint density at radius 2 is 2.32 bits per heavy atom. The highest BCUT2D eigenvalue weighted by atomic mass is 35.5. The van der Waals surface area contributed by atoms with Crippen molar-refractivity contribution in [2.45, 2.75) is 18.9 Å². The average molecular weight is 327 g/mol. The van der Waals surface area contributed by atoms with Gasteiger partial charge in [0.2, 0.25) is 5.91 Å². The second-order valence-electron chi connectivity index (χ2n) is 5.33. The first-order valence-electron chi connectivity index (χ1n) is 7.13. The van der Waals surface area contributed by atoms with E-state index in [-0.39, 0.29) is 23.2 Å². The molecule has 2 rings (SSSR count). The van der Waals surface area contributed by atoms with E-state index in [1.54, 1.807) is 6.07 Å². The van der Waals surface area contributed by atoms with Gasteiger partial charge in [-0.1, -0.05) is 11.6 Å². The van der Waals surface area contributed by atoms with Crippen molar-refractivity contribution >= 4 is 28.9 Å². The molecule has 22 heavy (non-hydrogen) atoms. The topological polar surface area (TPSA) is 87.5 Å². The molecule has 1 aromatic rings. The second kappa shape index (κ2) is 7.53. The Labute approximate surface area is 133 Å². The Morgan fingerprint density at radius 3 is 3.00 bits per heavy atom. The van der Waals surface area contributed by atoms with E-state index in [2.05, 4.69) is 15.5 Å². The van der Waals surface area contributed by atoms with Gasteiger partial charge in [-0.05, 0) is 38.6 Å². The highest BCUT2D eigenvalue weighted by molar-refractivity contribution is 6.32. The van der Waals surface area contributed by atoms with Gasteiger partial charge >= 0.3 is 0 Å². The lowest BCUT2D eigenvalue weighted by Gasteiger charge is -2.31. The lowest BCUT2D eigenvalue weighted by atomic mass is 10.1. The van der Waals surface area contributed by atoms with Crippen LogP contribution in [-0.4, -0.2) is 48.5 Å². The minimum Gasteiger partial charge on any atom is -0.325 e. The van der Waals surface area contributed by atoms with Gasteiger partial charge in [0.15, 0.2) is 0 Å². The summed E-state index contributed by atoms with van der Waals surface area (Å²) >= 11 is 5.75. The lowest BCUT2D eigenvalue weighted by Crippen LogP contribution is -2.46. The molecule has 0 spiro atoms. The third kappa shape index (κ3) is 4.40. The molecule has 1 fully saturated rings. The van der Waals surface area contributed by atoms with E-state index in [1.165, 1.54) is 12.1 Å². The maximum atomic E-state index is 12.1. The molecule has 7 nitrogen and oxygen atoms in total. The summed E-state index contributed by atoms with van der Waals surface area (Å²) in [6.07, 6.45) is 2.16. The number of piperidine rings is 1. The van der Waals surface area contributed by atoms with E-state index in [0.29, 0.717) is 11.7 Å². The number of nitrogens with zero attached hydrogens (tertiary/aromatic N) is 2. The van der Waals surface area contributed by atoms with Gasteiger partial charge < -0.3 is 10.6 Å². The van der Waals surface area contributed by atoms with Crippen molar-refractivity contribution in [2.24, 2.45) is 0 Å². The fraction of sp³-hybridized carbons (Fsp3) is 0.500. The van der Waals surface area contributed by atoms with Crippen molar-refractivity contribution < 1.29 is 9.72 Å². The molecule has 1 unspecified atom stereocenters. The summed E-state index contributed by atoms with van der Waals surface area (Å²) in [7, 11) is 1.92. The second-order valence-corrected chi connectivity index (χ2v) is 5.74. The highest BCUT2D eigenvalue weighted by Crippen LogP contribution is 2.27. The quantitative estimate of drug-likeness (QED) is 0.637. The highest BCUT2D eigenvalue weighted by Gasteiger charge is 2.21. The van der Waals surface area contributed by atoms with Crippen molar-refractivity contribution in [3.05, 3.63) is 33.3 Å². The number of likely N-dealkylation sites (N-methyl/N-ethyl adjacent to an activating group) is 1. The predicted octanol–water partition coefficient (Wildman–Crippen LogP) is 1.87. The molecule has 0 aliphatic carbocycles. The normalized spacial score (nSPS) is 18.9. The van der Waals surface area contributed by atoms with E-state index in [4.69, 9.17) is 11.6 Å². The van der Waals surface area contributed by atoms with Crippen molar-refractivity contribution in [2.75, 3.05) is 32.0 Å². The van der Waals surface area contributed by atoms with Gasteiger partial charge in [-0.2, -0.15) is 0 Å².